The minimum atomic E-state index is -4.54. The van der Waals surface area contributed by atoms with Crippen LogP contribution in [0.4, 0.5) is 13.2 Å². The summed E-state index contributed by atoms with van der Waals surface area (Å²) in [6, 6.07) is 3.68. The molecule has 1 atom stereocenters. The molecule has 0 bridgehead atoms. The molecule has 1 aromatic carbocycles. The van der Waals surface area contributed by atoms with Crippen molar-refractivity contribution >= 4 is 21.8 Å². The quantitative estimate of drug-likeness (QED) is 0.752. The van der Waals surface area contributed by atoms with Crippen molar-refractivity contribution in [1.82, 2.24) is 4.90 Å². The summed E-state index contributed by atoms with van der Waals surface area (Å²) in [5.74, 6) is 0.256. The van der Waals surface area contributed by atoms with E-state index < -0.39 is 17.6 Å². The lowest BCUT2D eigenvalue weighted by atomic mass is 9.95. The molecule has 0 saturated carbocycles. The van der Waals surface area contributed by atoms with Gasteiger partial charge in [-0.25, -0.2) is 0 Å². The number of hydrogen-bond acceptors (Lipinski definition) is 1. The zero-order valence-electron chi connectivity index (χ0n) is 11.9. The van der Waals surface area contributed by atoms with Gasteiger partial charge >= 0.3 is 6.18 Å². The first-order valence-electron chi connectivity index (χ1n) is 6.86. The predicted molar refractivity (Wildman–Crippen MR) is 78.0 cm³/mol. The second-order valence-electron chi connectivity index (χ2n) is 5.73. The van der Waals surface area contributed by atoms with E-state index in [1.807, 2.05) is 0 Å². The van der Waals surface area contributed by atoms with Crippen LogP contribution >= 0.6 is 15.9 Å². The molecule has 1 heterocycles. The summed E-state index contributed by atoms with van der Waals surface area (Å²) in [6.45, 7) is 5.19. The van der Waals surface area contributed by atoms with Gasteiger partial charge in [0.2, 0.25) is 0 Å². The highest BCUT2D eigenvalue weighted by Gasteiger charge is 2.37. The molecule has 1 unspecified atom stereocenters. The van der Waals surface area contributed by atoms with Gasteiger partial charge < -0.3 is 4.90 Å². The predicted octanol–water partition coefficient (Wildman–Crippen LogP) is 4.59. The van der Waals surface area contributed by atoms with Crippen molar-refractivity contribution in [2.45, 2.75) is 26.4 Å². The molecule has 2 nitrogen and oxygen atoms in total. The molecule has 116 valence electrons. The lowest BCUT2D eigenvalue weighted by Gasteiger charge is -2.20. The second-order valence-corrected chi connectivity index (χ2v) is 6.65. The van der Waals surface area contributed by atoms with Crippen LogP contribution < -0.4 is 0 Å². The largest absolute Gasteiger partial charge is 0.417 e. The molecule has 1 amide bonds. The molecular formula is C15H17BrF3NO. The molecule has 0 aromatic heterocycles. The normalized spacial score (nSPS) is 19.4. The third-order valence-electron chi connectivity index (χ3n) is 3.97. The molecule has 6 heteroatoms. The van der Waals surface area contributed by atoms with Crippen LogP contribution in [0.3, 0.4) is 0 Å². The fourth-order valence-corrected chi connectivity index (χ4v) is 2.98. The number of carbonyl (C=O) groups excluding carboxylic acids is 1. The molecule has 0 radical (unpaired) electrons. The minimum absolute atomic E-state index is 0.268. The Bertz CT molecular complexity index is 542. The van der Waals surface area contributed by atoms with E-state index in [1.165, 1.54) is 17.0 Å². The van der Waals surface area contributed by atoms with Crippen molar-refractivity contribution in [3.63, 3.8) is 0 Å². The molecule has 1 aromatic rings. The van der Waals surface area contributed by atoms with Crippen LogP contribution in [0.5, 0.6) is 0 Å². The highest BCUT2D eigenvalue weighted by atomic mass is 79.9. The Morgan fingerprint density at radius 2 is 2.05 bits per heavy atom. The van der Waals surface area contributed by atoms with Gasteiger partial charge in [-0.3, -0.25) is 4.79 Å². The van der Waals surface area contributed by atoms with Gasteiger partial charge in [-0.05, 0) is 36.5 Å². The first kappa shape index (κ1) is 16.3. The molecule has 1 saturated heterocycles. The van der Waals surface area contributed by atoms with Crippen LogP contribution in [0.15, 0.2) is 22.7 Å². The van der Waals surface area contributed by atoms with E-state index in [0.717, 1.165) is 12.5 Å². The number of rotatable bonds is 2. The number of benzene rings is 1. The number of halogens is 4. The van der Waals surface area contributed by atoms with Crippen molar-refractivity contribution in [3.05, 3.63) is 33.8 Å². The average Bonchev–Trinajstić information content (AvgIpc) is 2.86. The number of amides is 1. The van der Waals surface area contributed by atoms with E-state index in [9.17, 15) is 18.0 Å². The van der Waals surface area contributed by atoms with Crippen LogP contribution in [-0.2, 0) is 6.18 Å². The fraction of sp³-hybridized carbons (Fsp3) is 0.533. The Hall–Kier alpha value is -1.04. The van der Waals surface area contributed by atoms with Crippen LogP contribution in [0.2, 0.25) is 0 Å². The Labute approximate surface area is 130 Å². The number of carbonyl (C=O) groups is 1. The molecular weight excluding hydrogens is 347 g/mol. The maximum absolute atomic E-state index is 13.1. The van der Waals surface area contributed by atoms with Gasteiger partial charge in [0.05, 0.1) is 11.1 Å². The Morgan fingerprint density at radius 1 is 1.38 bits per heavy atom. The van der Waals surface area contributed by atoms with Gasteiger partial charge in [-0.15, -0.1) is 0 Å². The molecule has 1 aliphatic heterocycles. The number of hydrogen-bond donors (Lipinski definition) is 0. The summed E-state index contributed by atoms with van der Waals surface area (Å²) in [5.41, 5.74) is -1.15. The van der Waals surface area contributed by atoms with Gasteiger partial charge in [-0.1, -0.05) is 29.8 Å². The number of likely N-dealkylation sites (tertiary alicyclic amines) is 1. The van der Waals surface area contributed by atoms with Gasteiger partial charge in [0.25, 0.3) is 5.91 Å². The summed E-state index contributed by atoms with van der Waals surface area (Å²) in [4.78, 5) is 13.9. The maximum Gasteiger partial charge on any atom is 0.417 e. The summed E-state index contributed by atoms with van der Waals surface area (Å²) < 4.78 is 39.6. The van der Waals surface area contributed by atoms with Crippen molar-refractivity contribution in [1.29, 1.82) is 0 Å². The van der Waals surface area contributed by atoms with Gasteiger partial charge in [-0.2, -0.15) is 13.2 Å². The zero-order chi connectivity index (χ0) is 15.8. The van der Waals surface area contributed by atoms with E-state index in [1.54, 1.807) is 0 Å². The smallest absolute Gasteiger partial charge is 0.338 e. The molecule has 1 aliphatic rings. The third-order valence-corrected chi connectivity index (χ3v) is 4.47. The molecule has 2 rings (SSSR count). The molecule has 1 fully saturated rings. The number of alkyl halides is 3. The van der Waals surface area contributed by atoms with Gasteiger partial charge in [0.1, 0.15) is 0 Å². The van der Waals surface area contributed by atoms with Crippen molar-refractivity contribution in [2.24, 2.45) is 11.8 Å². The summed E-state index contributed by atoms with van der Waals surface area (Å²) >= 11 is 3.03. The molecule has 0 spiro atoms. The lowest BCUT2D eigenvalue weighted by molar-refractivity contribution is -0.138. The van der Waals surface area contributed by atoms with Gasteiger partial charge in [0.15, 0.2) is 0 Å². The minimum Gasteiger partial charge on any atom is -0.338 e. The van der Waals surface area contributed by atoms with E-state index in [0.29, 0.717) is 29.4 Å². The Kier molecular flexibility index (Phi) is 4.66. The van der Waals surface area contributed by atoms with Crippen LogP contribution in [0.25, 0.3) is 0 Å². The van der Waals surface area contributed by atoms with Crippen molar-refractivity contribution in [2.75, 3.05) is 13.1 Å². The van der Waals surface area contributed by atoms with Crippen LogP contribution in [0.1, 0.15) is 36.2 Å². The maximum atomic E-state index is 13.1. The molecule has 21 heavy (non-hydrogen) atoms. The standard InChI is InChI=1S/C15H17BrF3NO/c1-9(2)10-5-6-20(8-10)14(21)12-4-3-11(16)7-13(12)15(17,18)19/h3-4,7,9-10H,5-6,8H2,1-2H3. The van der Waals surface area contributed by atoms with Crippen molar-refractivity contribution in [3.8, 4) is 0 Å². The highest BCUT2D eigenvalue weighted by Crippen LogP contribution is 2.35. The third kappa shape index (κ3) is 3.59. The monoisotopic (exact) mass is 363 g/mol. The lowest BCUT2D eigenvalue weighted by Crippen LogP contribution is -2.31. The Morgan fingerprint density at radius 3 is 2.57 bits per heavy atom. The summed E-state index contributed by atoms with van der Waals surface area (Å²) in [7, 11) is 0. The SMILES string of the molecule is CC(C)C1CCN(C(=O)c2ccc(Br)cc2C(F)(F)F)C1. The first-order chi connectivity index (χ1) is 9.70. The van der Waals surface area contributed by atoms with E-state index in [4.69, 9.17) is 0 Å². The van der Waals surface area contributed by atoms with Gasteiger partial charge in [0, 0.05) is 17.6 Å². The Balaban J connectivity index is 2.28. The van der Waals surface area contributed by atoms with E-state index in [2.05, 4.69) is 29.8 Å². The summed E-state index contributed by atoms with van der Waals surface area (Å²) in [5, 5.41) is 0. The summed E-state index contributed by atoms with van der Waals surface area (Å²) in [6.07, 6.45) is -3.69. The molecule has 0 aliphatic carbocycles. The fourth-order valence-electron chi connectivity index (χ4n) is 2.62. The van der Waals surface area contributed by atoms with Crippen molar-refractivity contribution < 1.29 is 18.0 Å². The van der Waals surface area contributed by atoms with E-state index >= 15 is 0 Å². The molecule has 0 N–H and O–H groups in total. The number of nitrogens with zero attached hydrogens (tertiary/aromatic N) is 1. The first-order valence-corrected chi connectivity index (χ1v) is 7.65. The van der Waals surface area contributed by atoms with E-state index in [-0.39, 0.29) is 5.56 Å². The zero-order valence-corrected chi connectivity index (χ0v) is 13.5. The van der Waals surface area contributed by atoms with Crippen LogP contribution in [0, 0.1) is 11.8 Å². The van der Waals surface area contributed by atoms with Crippen LogP contribution in [-0.4, -0.2) is 23.9 Å². The highest BCUT2D eigenvalue weighted by molar-refractivity contribution is 9.10. The topological polar surface area (TPSA) is 20.3 Å². The second kappa shape index (κ2) is 5.99. The average molecular weight is 364 g/mol.